The number of nitrogens with zero attached hydrogens (tertiary/aromatic N) is 2. The molecule has 0 saturated carbocycles. The van der Waals surface area contributed by atoms with Gasteiger partial charge >= 0.3 is 0 Å². The maximum absolute atomic E-state index is 5.52. The van der Waals surface area contributed by atoms with Crippen molar-refractivity contribution in [2.45, 2.75) is 0 Å². The number of hydrogen-bond donors (Lipinski definition) is 0. The Morgan fingerprint density at radius 2 is 2.67 bits per heavy atom. The topological polar surface area (TPSA) is 24.8 Å². The first kappa shape index (κ1) is 6.58. The van der Waals surface area contributed by atoms with Crippen LogP contribution in [0.2, 0.25) is 0 Å². The number of hydroxylamine groups is 2. The fraction of sp³-hybridized carbons (Fsp3) is 0.400. The van der Waals surface area contributed by atoms with E-state index in [0.29, 0.717) is 11.8 Å². The quantitative estimate of drug-likeness (QED) is 0.551. The monoisotopic (exact) mass is 146 g/mol. The highest BCUT2D eigenvalue weighted by molar-refractivity contribution is 6.68. The van der Waals surface area contributed by atoms with Gasteiger partial charge in [-0.25, -0.2) is 10.1 Å². The van der Waals surface area contributed by atoms with Crippen molar-refractivity contribution >= 4 is 16.8 Å². The smallest absolute Gasteiger partial charge is 0.136 e. The second-order valence-corrected chi connectivity index (χ2v) is 1.92. The van der Waals surface area contributed by atoms with Crippen LogP contribution in [-0.2, 0) is 4.84 Å². The zero-order valence-electron chi connectivity index (χ0n) is 5.04. The minimum atomic E-state index is 0.478. The van der Waals surface area contributed by atoms with Gasteiger partial charge in [-0.15, -0.1) is 0 Å². The Bertz CT molecular complexity index is 155. The molecule has 1 aliphatic rings. The van der Waals surface area contributed by atoms with E-state index in [9.17, 15) is 0 Å². The third-order valence-corrected chi connectivity index (χ3v) is 1.22. The molecule has 0 amide bonds. The first-order valence-electron chi connectivity index (χ1n) is 2.52. The fourth-order valence-corrected chi connectivity index (χ4v) is 0.610. The van der Waals surface area contributed by atoms with Gasteiger partial charge in [0.25, 0.3) is 0 Å². The number of aliphatic imine (C=N–C) groups is 1. The largest absolute Gasteiger partial charge is 0.276 e. The minimum absolute atomic E-state index is 0.478. The number of halogens is 1. The Balaban J connectivity index is 2.48. The van der Waals surface area contributed by atoms with Gasteiger partial charge in [0.05, 0.1) is 7.11 Å². The molecule has 0 aromatic carbocycles. The molecule has 0 unspecified atom stereocenters. The molecule has 0 fully saturated rings. The summed E-state index contributed by atoms with van der Waals surface area (Å²) >= 11 is 5.52. The molecule has 1 rings (SSSR count). The summed E-state index contributed by atoms with van der Waals surface area (Å²) < 4.78 is 0. The van der Waals surface area contributed by atoms with Gasteiger partial charge in [-0.3, -0.25) is 4.84 Å². The van der Waals surface area contributed by atoms with Gasteiger partial charge in [0, 0.05) is 6.20 Å². The summed E-state index contributed by atoms with van der Waals surface area (Å²) in [7, 11) is 1.58. The van der Waals surface area contributed by atoms with Gasteiger partial charge in [-0.1, -0.05) is 11.6 Å². The average molecular weight is 147 g/mol. The molecule has 3 nitrogen and oxygen atoms in total. The van der Waals surface area contributed by atoms with E-state index in [2.05, 4.69) is 4.99 Å². The van der Waals surface area contributed by atoms with Crippen molar-refractivity contribution in [2.24, 2.45) is 4.99 Å². The van der Waals surface area contributed by atoms with E-state index in [1.165, 1.54) is 0 Å². The summed E-state index contributed by atoms with van der Waals surface area (Å²) in [4.78, 5) is 8.70. The van der Waals surface area contributed by atoms with Crippen molar-refractivity contribution in [2.75, 3.05) is 13.8 Å². The molecule has 1 aliphatic heterocycles. The fourth-order valence-electron chi connectivity index (χ4n) is 0.500. The van der Waals surface area contributed by atoms with Crippen LogP contribution in [0, 0.1) is 0 Å². The second kappa shape index (κ2) is 2.85. The van der Waals surface area contributed by atoms with E-state index < -0.39 is 0 Å². The predicted molar refractivity (Wildman–Crippen MR) is 36.1 cm³/mol. The number of rotatable bonds is 1. The van der Waals surface area contributed by atoms with Crippen molar-refractivity contribution in [1.29, 1.82) is 0 Å². The Labute approximate surface area is 58.5 Å². The first-order chi connectivity index (χ1) is 4.33. The third-order valence-electron chi connectivity index (χ3n) is 0.974. The predicted octanol–water partition coefficient (Wildman–Crippen LogP) is 0.972. The van der Waals surface area contributed by atoms with E-state index in [1.807, 2.05) is 0 Å². The maximum Gasteiger partial charge on any atom is 0.136 e. The molecule has 0 aliphatic carbocycles. The molecule has 0 N–H and O–H groups in total. The molecule has 9 heavy (non-hydrogen) atoms. The lowest BCUT2D eigenvalue weighted by atomic mass is 10.6. The Morgan fingerprint density at radius 1 is 1.89 bits per heavy atom. The van der Waals surface area contributed by atoms with Crippen molar-refractivity contribution in [3.8, 4) is 0 Å². The lowest BCUT2D eigenvalue weighted by Gasteiger charge is -2.16. The van der Waals surface area contributed by atoms with Gasteiger partial charge in [0.2, 0.25) is 0 Å². The van der Waals surface area contributed by atoms with Gasteiger partial charge in [-0.2, -0.15) is 0 Å². The standard InChI is InChI=1S/C5H7ClN2O/c1-9-8-3-2-5(6)7-4-8/h2-3H,4H2,1H3. The van der Waals surface area contributed by atoms with Crippen LogP contribution < -0.4 is 0 Å². The molecule has 0 spiro atoms. The van der Waals surface area contributed by atoms with Crippen LogP contribution in [-0.4, -0.2) is 24.0 Å². The highest BCUT2D eigenvalue weighted by atomic mass is 35.5. The second-order valence-electron chi connectivity index (χ2n) is 1.54. The molecule has 0 radical (unpaired) electrons. The first-order valence-corrected chi connectivity index (χ1v) is 2.89. The Morgan fingerprint density at radius 3 is 3.11 bits per heavy atom. The number of allylic oxidation sites excluding steroid dienone is 1. The maximum atomic E-state index is 5.52. The summed E-state index contributed by atoms with van der Waals surface area (Å²) in [5.41, 5.74) is 0. The Kier molecular flexibility index (Phi) is 2.08. The molecule has 4 heteroatoms. The van der Waals surface area contributed by atoms with E-state index in [-0.39, 0.29) is 0 Å². The summed E-state index contributed by atoms with van der Waals surface area (Å²) in [6.45, 7) is 0.478. The van der Waals surface area contributed by atoms with Gasteiger partial charge in [0.15, 0.2) is 0 Å². The zero-order valence-corrected chi connectivity index (χ0v) is 5.80. The Hall–Kier alpha value is -0.540. The summed E-state index contributed by atoms with van der Waals surface area (Å²) in [5.74, 6) is 0. The molecule has 50 valence electrons. The van der Waals surface area contributed by atoms with Crippen molar-refractivity contribution in [1.82, 2.24) is 5.06 Å². The normalized spacial score (nSPS) is 18.0. The lowest BCUT2D eigenvalue weighted by Crippen LogP contribution is -2.18. The van der Waals surface area contributed by atoms with Crippen LogP contribution in [0.1, 0.15) is 0 Å². The van der Waals surface area contributed by atoms with Crippen LogP contribution in [0.25, 0.3) is 0 Å². The molecule has 0 bridgehead atoms. The van der Waals surface area contributed by atoms with Crippen LogP contribution in [0.4, 0.5) is 0 Å². The summed E-state index contributed by atoms with van der Waals surface area (Å²) in [5, 5.41) is 2.09. The van der Waals surface area contributed by atoms with Crippen LogP contribution >= 0.6 is 11.6 Å². The molecule has 0 aromatic heterocycles. The average Bonchev–Trinajstić information content (AvgIpc) is 1.90. The van der Waals surface area contributed by atoms with E-state index in [4.69, 9.17) is 16.4 Å². The molecular formula is C5H7ClN2O. The van der Waals surface area contributed by atoms with Gasteiger partial charge in [0.1, 0.15) is 11.8 Å². The van der Waals surface area contributed by atoms with Crippen molar-refractivity contribution in [3.63, 3.8) is 0 Å². The van der Waals surface area contributed by atoms with Crippen molar-refractivity contribution in [3.05, 3.63) is 12.3 Å². The van der Waals surface area contributed by atoms with Crippen LogP contribution in [0.15, 0.2) is 17.3 Å². The van der Waals surface area contributed by atoms with E-state index >= 15 is 0 Å². The molecule has 0 aromatic rings. The lowest BCUT2D eigenvalue weighted by molar-refractivity contribution is -0.0858. The van der Waals surface area contributed by atoms with Crippen LogP contribution in [0.5, 0.6) is 0 Å². The highest BCUT2D eigenvalue weighted by Crippen LogP contribution is 2.00. The van der Waals surface area contributed by atoms with Gasteiger partial charge in [-0.05, 0) is 6.08 Å². The minimum Gasteiger partial charge on any atom is -0.276 e. The molecule has 0 atom stereocenters. The molecule has 1 heterocycles. The van der Waals surface area contributed by atoms with Crippen molar-refractivity contribution < 1.29 is 4.84 Å². The van der Waals surface area contributed by atoms with Gasteiger partial charge < -0.3 is 0 Å². The molecular weight excluding hydrogens is 140 g/mol. The SMILES string of the molecule is CON1C=CC(Cl)=NC1. The van der Waals surface area contributed by atoms with E-state index in [1.54, 1.807) is 24.4 Å². The zero-order chi connectivity index (χ0) is 6.69. The number of hydrogen-bond acceptors (Lipinski definition) is 3. The third kappa shape index (κ3) is 1.69. The molecule has 0 saturated heterocycles. The van der Waals surface area contributed by atoms with Crippen LogP contribution in [0.3, 0.4) is 0 Å². The van der Waals surface area contributed by atoms with E-state index in [0.717, 1.165) is 0 Å². The summed E-state index contributed by atoms with van der Waals surface area (Å²) in [6.07, 6.45) is 3.41. The summed E-state index contributed by atoms with van der Waals surface area (Å²) in [6, 6.07) is 0. The highest BCUT2D eigenvalue weighted by Gasteiger charge is 2.00.